The van der Waals surface area contributed by atoms with Gasteiger partial charge in [0.25, 0.3) is 0 Å². The lowest BCUT2D eigenvalue weighted by molar-refractivity contribution is 0.0340. The third-order valence-corrected chi connectivity index (χ3v) is 6.05. The zero-order valence-corrected chi connectivity index (χ0v) is 19.8. The van der Waals surface area contributed by atoms with E-state index in [0.717, 1.165) is 73.6 Å². The Hall–Kier alpha value is -2.57. The molecular formula is C27H31ClN2O3. The maximum absolute atomic E-state index is 5.97. The van der Waals surface area contributed by atoms with Crippen LogP contribution in [0.25, 0.3) is 0 Å². The van der Waals surface area contributed by atoms with Crippen molar-refractivity contribution in [2.75, 3.05) is 33.4 Å². The molecule has 4 rings (SSSR count). The summed E-state index contributed by atoms with van der Waals surface area (Å²) in [5.41, 5.74) is 4.91. The Kier molecular flexibility index (Phi) is 8.61. The highest BCUT2D eigenvalue weighted by Gasteiger charge is 2.13. The highest BCUT2D eigenvalue weighted by molar-refractivity contribution is 6.30. The number of rotatable bonds is 10. The van der Waals surface area contributed by atoms with Crippen LogP contribution in [0.15, 0.2) is 66.7 Å². The maximum atomic E-state index is 5.97. The van der Waals surface area contributed by atoms with Gasteiger partial charge in [0.2, 0.25) is 0 Å². The number of nitrogens with one attached hydrogen (secondary N) is 1. The lowest BCUT2D eigenvalue weighted by Crippen LogP contribution is -2.36. The summed E-state index contributed by atoms with van der Waals surface area (Å²) in [7, 11) is 1.67. The highest BCUT2D eigenvalue weighted by atomic mass is 35.5. The number of hydrogen-bond donors (Lipinski definition) is 1. The normalized spacial score (nSPS) is 14.2. The molecule has 0 spiro atoms. The van der Waals surface area contributed by atoms with Gasteiger partial charge in [0.05, 0.1) is 20.3 Å². The van der Waals surface area contributed by atoms with Gasteiger partial charge in [-0.15, -0.1) is 0 Å². The molecule has 1 aliphatic heterocycles. The molecule has 6 heteroatoms. The first kappa shape index (κ1) is 23.6. The van der Waals surface area contributed by atoms with Gasteiger partial charge in [0.1, 0.15) is 6.61 Å². The molecule has 0 aliphatic carbocycles. The molecule has 0 atom stereocenters. The third kappa shape index (κ3) is 6.95. The summed E-state index contributed by atoms with van der Waals surface area (Å²) in [6.07, 6.45) is 0. The van der Waals surface area contributed by atoms with Crippen molar-refractivity contribution in [3.05, 3.63) is 94.0 Å². The fourth-order valence-corrected chi connectivity index (χ4v) is 4.03. The van der Waals surface area contributed by atoms with Gasteiger partial charge in [0, 0.05) is 37.7 Å². The van der Waals surface area contributed by atoms with Crippen molar-refractivity contribution in [3.8, 4) is 11.5 Å². The molecule has 3 aromatic carbocycles. The predicted octanol–water partition coefficient (Wildman–Crippen LogP) is 5.05. The molecule has 0 unspecified atom stereocenters. The van der Waals surface area contributed by atoms with Gasteiger partial charge in [0.15, 0.2) is 11.5 Å². The highest BCUT2D eigenvalue weighted by Crippen LogP contribution is 2.29. The van der Waals surface area contributed by atoms with Gasteiger partial charge in [-0.3, -0.25) is 4.90 Å². The van der Waals surface area contributed by atoms with Gasteiger partial charge in [-0.1, -0.05) is 54.1 Å². The Morgan fingerprint density at radius 1 is 0.879 bits per heavy atom. The van der Waals surface area contributed by atoms with Crippen molar-refractivity contribution < 1.29 is 14.2 Å². The van der Waals surface area contributed by atoms with Crippen LogP contribution in [0, 0.1) is 0 Å². The largest absolute Gasteiger partial charge is 0.493 e. The molecular weight excluding hydrogens is 436 g/mol. The van der Waals surface area contributed by atoms with E-state index in [1.54, 1.807) is 7.11 Å². The van der Waals surface area contributed by atoms with Crippen molar-refractivity contribution in [1.82, 2.24) is 10.2 Å². The standard InChI is InChI=1S/C27H31ClN2O3/c1-31-27-16-22(8-11-26(27)33-20-21-6-9-25(28)10-7-21)17-29-18-23-4-2-3-5-24(23)19-30-12-14-32-15-13-30/h2-11,16,29H,12-15,17-20H2,1H3. The summed E-state index contributed by atoms with van der Waals surface area (Å²) in [6, 6.07) is 22.4. The van der Waals surface area contributed by atoms with E-state index in [1.165, 1.54) is 11.1 Å². The zero-order valence-electron chi connectivity index (χ0n) is 19.1. The number of ether oxygens (including phenoxy) is 3. The van der Waals surface area contributed by atoms with Gasteiger partial charge < -0.3 is 19.5 Å². The van der Waals surface area contributed by atoms with Crippen LogP contribution in [0.5, 0.6) is 11.5 Å². The second kappa shape index (κ2) is 12.1. The molecule has 1 aliphatic rings. The van der Waals surface area contributed by atoms with Gasteiger partial charge in [-0.25, -0.2) is 0 Å². The Labute approximate surface area is 201 Å². The fourth-order valence-electron chi connectivity index (χ4n) is 3.91. The molecule has 0 bridgehead atoms. The molecule has 1 saturated heterocycles. The van der Waals surface area contributed by atoms with Crippen molar-refractivity contribution in [1.29, 1.82) is 0 Å². The second-order valence-electron chi connectivity index (χ2n) is 8.16. The molecule has 0 saturated carbocycles. The third-order valence-electron chi connectivity index (χ3n) is 5.80. The monoisotopic (exact) mass is 466 g/mol. The van der Waals surface area contributed by atoms with Crippen molar-refractivity contribution in [2.45, 2.75) is 26.2 Å². The smallest absolute Gasteiger partial charge is 0.161 e. The van der Waals surface area contributed by atoms with E-state index in [0.29, 0.717) is 6.61 Å². The summed E-state index contributed by atoms with van der Waals surface area (Å²) in [6.45, 7) is 6.63. The van der Waals surface area contributed by atoms with Crippen LogP contribution in [-0.4, -0.2) is 38.3 Å². The van der Waals surface area contributed by atoms with Crippen LogP contribution in [0.3, 0.4) is 0 Å². The second-order valence-corrected chi connectivity index (χ2v) is 8.60. The Balaban J connectivity index is 1.32. The number of halogens is 1. The summed E-state index contributed by atoms with van der Waals surface area (Å²) in [4.78, 5) is 2.45. The molecule has 0 aromatic heterocycles. The van der Waals surface area contributed by atoms with Crippen molar-refractivity contribution >= 4 is 11.6 Å². The Morgan fingerprint density at radius 3 is 2.36 bits per heavy atom. The average Bonchev–Trinajstić information content (AvgIpc) is 2.86. The van der Waals surface area contributed by atoms with Gasteiger partial charge >= 0.3 is 0 Å². The molecule has 33 heavy (non-hydrogen) atoms. The summed E-state index contributed by atoms with van der Waals surface area (Å²) in [5, 5.41) is 4.30. The van der Waals surface area contributed by atoms with Crippen LogP contribution in [0.2, 0.25) is 5.02 Å². The van der Waals surface area contributed by atoms with Crippen LogP contribution >= 0.6 is 11.6 Å². The van der Waals surface area contributed by atoms with E-state index >= 15 is 0 Å². The molecule has 5 nitrogen and oxygen atoms in total. The first-order chi connectivity index (χ1) is 16.2. The average molecular weight is 467 g/mol. The lowest BCUT2D eigenvalue weighted by atomic mass is 10.1. The molecule has 1 heterocycles. The minimum atomic E-state index is 0.463. The van der Waals surface area contributed by atoms with E-state index in [2.05, 4.69) is 40.5 Å². The zero-order chi connectivity index (χ0) is 22.9. The SMILES string of the molecule is COc1cc(CNCc2ccccc2CN2CCOCC2)ccc1OCc1ccc(Cl)cc1. The topological polar surface area (TPSA) is 43.0 Å². The summed E-state index contributed by atoms with van der Waals surface area (Å²) in [5.74, 6) is 1.46. The molecule has 0 amide bonds. The number of nitrogens with zero attached hydrogens (tertiary/aromatic N) is 1. The molecule has 0 radical (unpaired) electrons. The molecule has 3 aromatic rings. The Bertz CT molecular complexity index is 1020. The van der Waals surface area contributed by atoms with Crippen molar-refractivity contribution in [2.24, 2.45) is 0 Å². The van der Waals surface area contributed by atoms with Crippen LogP contribution < -0.4 is 14.8 Å². The van der Waals surface area contributed by atoms with Gasteiger partial charge in [-0.2, -0.15) is 0 Å². The number of methoxy groups -OCH3 is 1. The van der Waals surface area contributed by atoms with E-state index in [-0.39, 0.29) is 0 Å². The quantitative estimate of drug-likeness (QED) is 0.453. The van der Waals surface area contributed by atoms with E-state index in [1.807, 2.05) is 36.4 Å². The van der Waals surface area contributed by atoms with Gasteiger partial charge in [-0.05, 0) is 46.5 Å². The maximum Gasteiger partial charge on any atom is 0.161 e. The van der Waals surface area contributed by atoms with E-state index < -0.39 is 0 Å². The molecule has 174 valence electrons. The first-order valence-electron chi connectivity index (χ1n) is 11.3. The van der Waals surface area contributed by atoms with Crippen LogP contribution in [-0.2, 0) is 31.0 Å². The Morgan fingerprint density at radius 2 is 1.61 bits per heavy atom. The van der Waals surface area contributed by atoms with E-state index in [9.17, 15) is 0 Å². The van der Waals surface area contributed by atoms with E-state index in [4.69, 9.17) is 25.8 Å². The first-order valence-corrected chi connectivity index (χ1v) is 11.7. The molecule has 1 N–H and O–H groups in total. The van der Waals surface area contributed by atoms with Crippen LogP contribution in [0.4, 0.5) is 0 Å². The number of hydrogen-bond acceptors (Lipinski definition) is 5. The lowest BCUT2D eigenvalue weighted by Gasteiger charge is -2.27. The number of benzene rings is 3. The van der Waals surface area contributed by atoms with Crippen molar-refractivity contribution in [3.63, 3.8) is 0 Å². The predicted molar refractivity (Wildman–Crippen MR) is 132 cm³/mol. The minimum absolute atomic E-state index is 0.463. The van der Waals surface area contributed by atoms with Crippen LogP contribution in [0.1, 0.15) is 22.3 Å². The minimum Gasteiger partial charge on any atom is -0.493 e. The molecule has 1 fully saturated rings. The number of morpholine rings is 1. The summed E-state index contributed by atoms with van der Waals surface area (Å²) < 4.78 is 17.0. The summed E-state index contributed by atoms with van der Waals surface area (Å²) >= 11 is 5.95. The fraction of sp³-hybridized carbons (Fsp3) is 0.333.